The maximum Gasteiger partial charge on any atom is 0.222 e. The van der Waals surface area contributed by atoms with Crippen LogP contribution in [0.1, 0.15) is 37.7 Å². The molecule has 0 aliphatic carbocycles. The molecule has 120 valence electrons. The standard InChI is InChI=1S/C16H26N2O2.ClH/c1-12(14-6-8-17-9-7-14)10-16(19)18(3)11-15-5-4-13(2)20-15;/h4-5,12,14,17H,6-11H2,1-3H3;1H. The van der Waals surface area contributed by atoms with Gasteiger partial charge in [-0.3, -0.25) is 4.79 Å². The Bertz CT molecular complexity index is 441. The Morgan fingerprint density at radius 1 is 1.43 bits per heavy atom. The molecule has 2 heterocycles. The van der Waals surface area contributed by atoms with Crippen molar-refractivity contribution >= 4 is 18.3 Å². The topological polar surface area (TPSA) is 45.5 Å². The second-order valence-electron chi connectivity index (χ2n) is 6.03. The molecular weight excluding hydrogens is 288 g/mol. The molecule has 0 saturated carbocycles. The van der Waals surface area contributed by atoms with Crippen LogP contribution in [-0.2, 0) is 11.3 Å². The minimum Gasteiger partial charge on any atom is -0.464 e. The molecule has 4 nitrogen and oxygen atoms in total. The first-order valence-electron chi connectivity index (χ1n) is 7.56. The van der Waals surface area contributed by atoms with Gasteiger partial charge in [0.1, 0.15) is 11.5 Å². The number of nitrogens with zero attached hydrogens (tertiary/aromatic N) is 1. The molecule has 1 aromatic heterocycles. The van der Waals surface area contributed by atoms with Crippen molar-refractivity contribution in [1.29, 1.82) is 0 Å². The quantitative estimate of drug-likeness (QED) is 0.908. The molecule has 1 aliphatic rings. The van der Waals surface area contributed by atoms with Crippen molar-refractivity contribution in [2.45, 2.75) is 39.7 Å². The van der Waals surface area contributed by atoms with Gasteiger partial charge >= 0.3 is 0 Å². The number of carbonyl (C=O) groups excluding carboxylic acids is 1. The van der Waals surface area contributed by atoms with Gasteiger partial charge in [-0.1, -0.05) is 6.92 Å². The first-order valence-corrected chi connectivity index (χ1v) is 7.56. The monoisotopic (exact) mass is 314 g/mol. The fourth-order valence-electron chi connectivity index (χ4n) is 2.90. The molecule has 1 saturated heterocycles. The van der Waals surface area contributed by atoms with E-state index in [1.54, 1.807) is 4.90 Å². The maximum atomic E-state index is 12.3. The van der Waals surface area contributed by atoms with Crippen LogP contribution >= 0.6 is 12.4 Å². The van der Waals surface area contributed by atoms with Crippen LogP contribution in [0.5, 0.6) is 0 Å². The van der Waals surface area contributed by atoms with Crippen molar-refractivity contribution in [2.24, 2.45) is 11.8 Å². The highest BCUT2D eigenvalue weighted by molar-refractivity contribution is 5.85. The number of piperidine rings is 1. The van der Waals surface area contributed by atoms with Crippen molar-refractivity contribution in [3.63, 3.8) is 0 Å². The number of amides is 1. The number of hydrogen-bond donors (Lipinski definition) is 1. The highest BCUT2D eigenvalue weighted by Crippen LogP contribution is 2.25. The third-order valence-electron chi connectivity index (χ3n) is 4.30. The number of nitrogens with one attached hydrogen (secondary N) is 1. The predicted molar refractivity (Wildman–Crippen MR) is 86.5 cm³/mol. The van der Waals surface area contributed by atoms with Crippen molar-refractivity contribution in [2.75, 3.05) is 20.1 Å². The molecule has 1 aromatic rings. The molecule has 21 heavy (non-hydrogen) atoms. The van der Waals surface area contributed by atoms with Crippen molar-refractivity contribution in [3.05, 3.63) is 23.7 Å². The molecule has 1 atom stereocenters. The van der Waals surface area contributed by atoms with E-state index >= 15 is 0 Å². The summed E-state index contributed by atoms with van der Waals surface area (Å²) in [5.74, 6) is 3.10. The van der Waals surface area contributed by atoms with Crippen LogP contribution in [0, 0.1) is 18.8 Å². The number of hydrogen-bond acceptors (Lipinski definition) is 3. The van der Waals surface area contributed by atoms with Crippen molar-refractivity contribution in [1.82, 2.24) is 10.2 Å². The van der Waals surface area contributed by atoms with Crippen molar-refractivity contribution < 1.29 is 9.21 Å². The van der Waals surface area contributed by atoms with Crippen LogP contribution in [-0.4, -0.2) is 30.9 Å². The third kappa shape index (κ3) is 5.36. The lowest BCUT2D eigenvalue weighted by Gasteiger charge is -2.29. The fourth-order valence-corrected chi connectivity index (χ4v) is 2.90. The zero-order valence-corrected chi connectivity index (χ0v) is 14.0. The zero-order valence-electron chi connectivity index (χ0n) is 13.2. The van der Waals surface area contributed by atoms with Crippen LogP contribution in [0.4, 0.5) is 0 Å². The summed E-state index contributed by atoms with van der Waals surface area (Å²) in [5.41, 5.74) is 0. The summed E-state index contributed by atoms with van der Waals surface area (Å²) >= 11 is 0. The number of carbonyl (C=O) groups is 1. The van der Waals surface area contributed by atoms with Gasteiger partial charge in [-0.05, 0) is 56.8 Å². The molecular formula is C16H27ClN2O2. The first-order chi connectivity index (χ1) is 9.56. The molecule has 5 heteroatoms. The molecule has 1 N–H and O–H groups in total. The lowest BCUT2D eigenvalue weighted by atomic mass is 9.84. The molecule has 1 unspecified atom stereocenters. The van der Waals surface area contributed by atoms with E-state index in [9.17, 15) is 4.79 Å². The second kappa shape index (κ2) is 8.44. The van der Waals surface area contributed by atoms with Gasteiger partial charge in [0.2, 0.25) is 5.91 Å². The summed E-state index contributed by atoms with van der Waals surface area (Å²) in [7, 11) is 1.86. The summed E-state index contributed by atoms with van der Waals surface area (Å²) in [6, 6.07) is 3.88. The average molecular weight is 315 g/mol. The summed E-state index contributed by atoms with van der Waals surface area (Å²) in [4.78, 5) is 14.0. The molecule has 1 fully saturated rings. The van der Waals surface area contributed by atoms with Crippen LogP contribution in [0.3, 0.4) is 0 Å². The SMILES string of the molecule is Cc1ccc(CN(C)C(=O)CC(C)C2CCNCC2)o1.Cl. The Morgan fingerprint density at radius 2 is 2.10 bits per heavy atom. The van der Waals surface area contributed by atoms with Gasteiger partial charge in [-0.15, -0.1) is 12.4 Å². The third-order valence-corrected chi connectivity index (χ3v) is 4.30. The Morgan fingerprint density at radius 3 is 2.67 bits per heavy atom. The number of halogens is 1. The van der Waals surface area contributed by atoms with E-state index in [0.717, 1.165) is 24.6 Å². The van der Waals surface area contributed by atoms with E-state index in [4.69, 9.17) is 4.42 Å². The van der Waals surface area contributed by atoms with E-state index in [1.165, 1.54) is 12.8 Å². The summed E-state index contributed by atoms with van der Waals surface area (Å²) in [6.07, 6.45) is 3.02. The number of furan rings is 1. The van der Waals surface area contributed by atoms with Crippen LogP contribution in [0.2, 0.25) is 0 Å². The maximum absolute atomic E-state index is 12.3. The highest BCUT2D eigenvalue weighted by atomic mass is 35.5. The minimum absolute atomic E-state index is 0. The van der Waals surface area contributed by atoms with E-state index in [-0.39, 0.29) is 18.3 Å². The van der Waals surface area contributed by atoms with Gasteiger partial charge in [0, 0.05) is 13.5 Å². The number of aryl methyl sites for hydroxylation is 1. The minimum atomic E-state index is 0. The predicted octanol–water partition coefficient (Wildman–Crippen LogP) is 2.99. The van der Waals surface area contributed by atoms with Gasteiger partial charge in [0.05, 0.1) is 6.54 Å². The average Bonchev–Trinajstić information content (AvgIpc) is 2.85. The van der Waals surface area contributed by atoms with E-state index in [0.29, 0.717) is 24.8 Å². The molecule has 0 aromatic carbocycles. The molecule has 0 bridgehead atoms. The molecule has 1 aliphatic heterocycles. The Labute approximate surface area is 133 Å². The Hall–Kier alpha value is -1.00. The zero-order chi connectivity index (χ0) is 14.5. The molecule has 1 amide bonds. The lowest BCUT2D eigenvalue weighted by Crippen LogP contribution is -2.34. The molecule has 0 spiro atoms. The second-order valence-corrected chi connectivity index (χ2v) is 6.03. The van der Waals surface area contributed by atoms with Gasteiger partial charge < -0.3 is 14.6 Å². The van der Waals surface area contributed by atoms with Gasteiger partial charge in [0.15, 0.2) is 0 Å². The Balaban J connectivity index is 0.00000220. The molecule has 0 radical (unpaired) electrons. The van der Waals surface area contributed by atoms with Crippen LogP contribution in [0.25, 0.3) is 0 Å². The van der Waals surface area contributed by atoms with E-state index < -0.39 is 0 Å². The normalized spacial score (nSPS) is 17.1. The highest BCUT2D eigenvalue weighted by Gasteiger charge is 2.23. The van der Waals surface area contributed by atoms with Gasteiger partial charge in [-0.2, -0.15) is 0 Å². The lowest BCUT2D eigenvalue weighted by molar-refractivity contribution is -0.132. The Kier molecular flexibility index (Phi) is 7.26. The van der Waals surface area contributed by atoms with Crippen LogP contribution < -0.4 is 5.32 Å². The summed E-state index contributed by atoms with van der Waals surface area (Å²) < 4.78 is 5.52. The summed E-state index contributed by atoms with van der Waals surface area (Å²) in [5, 5.41) is 3.37. The fraction of sp³-hybridized carbons (Fsp3) is 0.688. The van der Waals surface area contributed by atoms with E-state index in [1.807, 2.05) is 26.1 Å². The van der Waals surface area contributed by atoms with Gasteiger partial charge in [-0.25, -0.2) is 0 Å². The largest absolute Gasteiger partial charge is 0.464 e. The van der Waals surface area contributed by atoms with E-state index in [2.05, 4.69) is 12.2 Å². The van der Waals surface area contributed by atoms with Crippen LogP contribution in [0.15, 0.2) is 16.5 Å². The first kappa shape index (κ1) is 18.1. The summed E-state index contributed by atoms with van der Waals surface area (Å²) in [6.45, 7) is 6.87. The van der Waals surface area contributed by atoms with Gasteiger partial charge in [0.25, 0.3) is 0 Å². The van der Waals surface area contributed by atoms with Crippen molar-refractivity contribution in [3.8, 4) is 0 Å². The molecule has 2 rings (SSSR count). The smallest absolute Gasteiger partial charge is 0.222 e. The number of rotatable bonds is 5.